The van der Waals surface area contributed by atoms with Crippen molar-refractivity contribution < 1.29 is 4.79 Å². The minimum atomic E-state index is -0.0939. The van der Waals surface area contributed by atoms with E-state index in [2.05, 4.69) is 10.2 Å². The normalized spacial score (nSPS) is 14.6. The summed E-state index contributed by atoms with van der Waals surface area (Å²) in [6.07, 6.45) is 3.58. The third kappa shape index (κ3) is 3.50. The first kappa shape index (κ1) is 15.9. The molecule has 0 spiro atoms. The van der Waals surface area contributed by atoms with E-state index in [9.17, 15) is 4.79 Å². The van der Waals surface area contributed by atoms with Crippen LogP contribution in [0.2, 0.25) is 5.02 Å². The first-order valence-electron chi connectivity index (χ1n) is 8.07. The van der Waals surface area contributed by atoms with Crippen molar-refractivity contribution in [2.24, 2.45) is 0 Å². The molecule has 0 aliphatic carbocycles. The average molecular weight is 329 g/mol. The Morgan fingerprint density at radius 2 is 1.78 bits per heavy atom. The maximum absolute atomic E-state index is 12.6. The van der Waals surface area contributed by atoms with Gasteiger partial charge in [-0.1, -0.05) is 35.9 Å². The van der Waals surface area contributed by atoms with Crippen LogP contribution < -0.4 is 10.2 Å². The molecule has 2 aromatic carbocycles. The predicted octanol–water partition coefficient (Wildman–Crippen LogP) is 4.89. The number of halogens is 1. The molecule has 0 saturated carbocycles. The van der Waals surface area contributed by atoms with E-state index in [0.717, 1.165) is 42.9 Å². The number of carbonyl (C=O) groups is 1. The van der Waals surface area contributed by atoms with Gasteiger partial charge in [0.1, 0.15) is 0 Å². The lowest BCUT2D eigenvalue weighted by molar-refractivity contribution is 0.102. The van der Waals surface area contributed by atoms with Gasteiger partial charge in [-0.05, 0) is 49.9 Å². The summed E-state index contributed by atoms with van der Waals surface area (Å²) < 4.78 is 0. The molecule has 0 atom stereocenters. The Morgan fingerprint density at radius 1 is 1.04 bits per heavy atom. The summed E-state index contributed by atoms with van der Waals surface area (Å²) in [5.74, 6) is -0.0939. The summed E-state index contributed by atoms with van der Waals surface area (Å²) in [4.78, 5) is 14.9. The van der Waals surface area contributed by atoms with E-state index in [0.29, 0.717) is 10.6 Å². The van der Waals surface area contributed by atoms with Crippen LogP contribution in [0.25, 0.3) is 0 Å². The van der Waals surface area contributed by atoms with Crippen molar-refractivity contribution in [3.05, 3.63) is 58.6 Å². The highest BCUT2D eigenvalue weighted by molar-refractivity contribution is 6.34. The Hall–Kier alpha value is -2.00. The van der Waals surface area contributed by atoms with Crippen molar-refractivity contribution in [1.82, 2.24) is 0 Å². The molecule has 3 nitrogen and oxygen atoms in total. The smallest absolute Gasteiger partial charge is 0.255 e. The van der Waals surface area contributed by atoms with Gasteiger partial charge in [0.15, 0.2) is 0 Å². The summed E-state index contributed by atoms with van der Waals surface area (Å²) >= 11 is 6.43. The highest BCUT2D eigenvalue weighted by Gasteiger charge is 2.19. The number of hydrogen-bond donors (Lipinski definition) is 1. The minimum absolute atomic E-state index is 0.0939. The van der Waals surface area contributed by atoms with Crippen molar-refractivity contribution >= 4 is 28.9 Å². The number of carbonyl (C=O) groups excluding carboxylic acids is 1. The Labute approximate surface area is 142 Å². The molecule has 1 aliphatic heterocycles. The number of aryl methyl sites for hydroxylation is 1. The first-order chi connectivity index (χ1) is 11.2. The molecular formula is C19H21ClN2O. The summed E-state index contributed by atoms with van der Waals surface area (Å²) in [5.41, 5.74) is 3.38. The molecule has 0 radical (unpaired) electrons. The summed E-state index contributed by atoms with van der Waals surface area (Å²) in [6.45, 7) is 3.91. The fraction of sp³-hybridized carbons (Fsp3) is 0.316. The quantitative estimate of drug-likeness (QED) is 0.870. The van der Waals surface area contributed by atoms with Crippen LogP contribution in [0.15, 0.2) is 42.5 Å². The number of rotatable bonds is 3. The number of nitrogens with one attached hydrogen (secondary N) is 1. The van der Waals surface area contributed by atoms with E-state index in [1.54, 1.807) is 0 Å². The SMILES string of the molecule is Cc1ccccc1C(=O)Nc1cccc(Cl)c1N1CCCCC1. The molecule has 1 fully saturated rings. The van der Waals surface area contributed by atoms with Crippen molar-refractivity contribution in [1.29, 1.82) is 0 Å². The van der Waals surface area contributed by atoms with Crippen LogP contribution in [0.5, 0.6) is 0 Å². The molecular weight excluding hydrogens is 308 g/mol. The molecule has 1 heterocycles. The Kier molecular flexibility index (Phi) is 4.87. The number of nitrogens with zero attached hydrogens (tertiary/aromatic N) is 1. The van der Waals surface area contributed by atoms with E-state index >= 15 is 0 Å². The van der Waals surface area contributed by atoms with Crippen LogP contribution in [-0.4, -0.2) is 19.0 Å². The van der Waals surface area contributed by atoms with Crippen molar-refractivity contribution in [2.45, 2.75) is 26.2 Å². The lowest BCUT2D eigenvalue weighted by Gasteiger charge is -2.31. The molecule has 1 N–H and O–H groups in total. The van der Waals surface area contributed by atoms with E-state index in [1.807, 2.05) is 49.4 Å². The number of piperidine rings is 1. The number of para-hydroxylation sites is 1. The van der Waals surface area contributed by atoms with Gasteiger partial charge in [-0.25, -0.2) is 0 Å². The largest absolute Gasteiger partial charge is 0.369 e. The molecule has 0 aromatic heterocycles. The zero-order valence-electron chi connectivity index (χ0n) is 13.3. The van der Waals surface area contributed by atoms with Crippen molar-refractivity contribution in [3.8, 4) is 0 Å². The molecule has 1 aliphatic rings. The second-order valence-electron chi connectivity index (χ2n) is 5.95. The second-order valence-corrected chi connectivity index (χ2v) is 6.36. The lowest BCUT2D eigenvalue weighted by atomic mass is 10.1. The Morgan fingerprint density at radius 3 is 2.52 bits per heavy atom. The molecule has 2 aromatic rings. The number of anilines is 2. The molecule has 1 amide bonds. The van der Waals surface area contributed by atoms with E-state index in [4.69, 9.17) is 11.6 Å². The summed E-state index contributed by atoms with van der Waals surface area (Å²) in [5, 5.41) is 3.73. The molecule has 0 unspecified atom stereocenters. The van der Waals surface area contributed by atoms with Crippen LogP contribution >= 0.6 is 11.6 Å². The van der Waals surface area contributed by atoms with Crippen LogP contribution in [0.3, 0.4) is 0 Å². The van der Waals surface area contributed by atoms with Gasteiger partial charge in [0.05, 0.1) is 16.4 Å². The zero-order chi connectivity index (χ0) is 16.2. The highest BCUT2D eigenvalue weighted by Crippen LogP contribution is 2.35. The number of amides is 1. The van der Waals surface area contributed by atoms with Crippen LogP contribution in [0, 0.1) is 6.92 Å². The first-order valence-corrected chi connectivity index (χ1v) is 8.45. The van der Waals surface area contributed by atoms with Crippen LogP contribution in [0.4, 0.5) is 11.4 Å². The fourth-order valence-corrected chi connectivity index (χ4v) is 3.37. The molecule has 3 rings (SSSR count). The van der Waals surface area contributed by atoms with E-state index in [1.165, 1.54) is 6.42 Å². The lowest BCUT2D eigenvalue weighted by Crippen LogP contribution is -2.30. The summed E-state index contributed by atoms with van der Waals surface area (Å²) in [6, 6.07) is 13.3. The Balaban J connectivity index is 1.89. The summed E-state index contributed by atoms with van der Waals surface area (Å²) in [7, 11) is 0. The van der Waals surface area contributed by atoms with E-state index < -0.39 is 0 Å². The maximum atomic E-state index is 12.6. The predicted molar refractivity (Wildman–Crippen MR) is 96.6 cm³/mol. The van der Waals surface area contributed by atoms with Crippen LogP contribution in [0.1, 0.15) is 35.2 Å². The zero-order valence-corrected chi connectivity index (χ0v) is 14.1. The molecule has 1 saturated heterocycles. The van der Waals surface area contributed by atoms with Gasteiger partial charge in [0.25, 0.3) is 5.91 Å². The topological polar surface area (TPSA) is 32.3 Å². The molecule has 0 bridgehead atoms. The van der Waals surface area contributed by atoms with Crippen molar-refractivity contribution in [3.63, 3.8) is 0 Å². The Bertz CT molecular complexity index is 708. The third-order valence-corrected chi connectivity index (χ3v) is 4.60. The van der Waals surface area contributed by atoms with Gasteiger partial charge in [0, 0.05) is 18.7 Å². The fourth-order valence-electron chi connectivity index (χ4n) is 3.07. The third-order valence-electron chi connectivity index (χ3n) is 4.30. The van der Waals surface area contributed by atoms with E-state index in [-0.39, 0.29) is 5.91 Å². The monoisotopic (exact) mass is 328 g/mol. The molecule has 4 heteroatoms. The van der Waals surface area contributed by atoms with Crippen LogP contribution in [-0.2, 0) is 0 Å². The van der Waals surface area contributed by atoms with Gasteiger partial charge in [-0.3, -0.25) is 4.79 Å². The van der Waals surface area contributed by atoms with Gasteiger partial charge < -0.3 is 10.2 Å². The minimum Gasteiger partial charge on any atom is -0.369 e. The van der Waals surface area contributed by atoms with Gasteiger partial charge in [-0.15, -0.1) is 0 Å². The van der Waals surface area contributed by atoms with Gasteiger partial charge >= 0.3 is 0 Å². The van der Waals surface area contributed by atoms with Gasteiger partial charge in [-0.2, -0.15) is 0 Å². The maximum Gasteiger partial charge on any atom is 0.255 e. The number of hydrogen-bond acceptors (Lipinski definition) is 2. The second kappa shape index (κ2) is 7.05. The standard InChI is InChI=1S/C19H21ClN2O/c1-14-8-3-4-9-15(14)19(23)21-17-11-7-10-16(20)18(17)22-12-5-2-6-13-22/h3-4,7-11H,2,5-6,12-13H2,1H3,(H,21,23). The van der Waals surface area contributed by atoms with Gasteiger partial charge in [0.2, 0.25) is 0 Å². The highest BCUT2D eigenvalue weighted by atomic mass is 35.5. The molecule has 23 heavy (non-hydrogen) atoms. The number of benzene rings is 2. The van der Waals surface area contributed by atoms with Crippen molar-refractivity contribution in [2.75, 3.05) is 23.3 Å². The average Bonchev–Trinajstić information content (AvgIpc) is 2.56. The molecule has 120 valence electrons.